The van der Waals surface area contributed by atoms with Crippen molar-refractivity contribution in [2.45, 2.75) is 13.5 Å². The number of nitrogens with one attached hydrogen (secondary N) is 3. The van der Waals surface area contributed by atoms with Gasteiger partial charge in [-0.05, 0) is 43.3 Å². The Morgan fingerprint density at radius 3 is 2.42 bits per heavy atom. The van der Waals surface area contributed by atoms with Crippen LogP contribution >= 0.6 is 0 Å². The number of carbonyl (C=O) groups is 1. The predicted octanol–water partition coefficient (Wildman–Crippen LogP) is 2.75. The number of benzene rings is 2. The van der Waals surface area contributed by atoms with E-state index < -0.39 is 0 Å². The number of guanidine groups is 1. The number of hydrogen-bond donors (Lipinski definition) is 3. The molecule has 0 saturated heterocycles. The van der Waals surface area contributed by atoms with Crippen molar-refractivity contribution in [2.75, 3.05) is 27.2 Å². The number of carbonyl (C=O) groups excluding carboxylic acids is 1. The molecule has 31 heavy (non-hydrogen) atoms. The Morgan fingerprint density at radius 2 is 1.74 bits per heavy atom. The number of hydrogen-bond acceptors (Lipinski definition) is 5. The van der Waals surface area contributed by atoms with Crippen LogP contribution in [0.3, 0.4) is 0 Å². The van der Waals surface area contributed by atoms with E-state index in [0.29, 0.717) is 42.8 Å². The largest absolute Gasteiger partial charge is 0.497 e. The lowest BCUT2D eigenvalue weighted by molar-refractivity contribution is 0.0954. The van der Waals surface area contributed by atoms with Crippen LogP contribution in [-0.2, 0) is 6.54 Å². The van der Waals surface area contributed by atoms with Crippen LogP contribution in [-0.4, -0.2) is 44.1 Å². The van der Waals surface area contributed by atoms with Gasteiger partial charge in [0, 0.05) is 31.3 Å². The molecule has 8 nitrogen and oxygen atoms in total. The lowest BCUT2D eigenvalue weighted by atomic mass is 10.1. The number of ether oxygens (including phenoxy) is 1. The van der Waals surface area contributed by atoms with Crippen molar-refractivity contribution in [3.8, 4) is 17.2 Å². The summed E-state index contributed by atoms with van der Waals surface area (Å²) in [5.74, 6) is 1.77. The van der Waals surface area contributed by atoms with Gasteiger partial charge < -0.3 is 25.1 Å². The summed E-state index contributed by atoms with van der Waals surface area (Å²) in [4.78, 5) is 20.8. The van der Waals surface area contributed by atoms with Gasteiger partial charge in [-0.15, -0.1) is 0 Å². The van der Waals surface area contributed by atoms with E-state index in [-0.39, 0.29) is 5.91 Å². The van der Waals surface area contributed by atoms with Gasteiger partial charge >= 0.3 is 0 Å². The molecule has 0 saturated carbocycles. The number of nitrogens with zero attached hydrogens (tertiary/aromatic N) is 2. The third-order valence-electron chi connectivity index (χ3n) is 4.57. The zero-order valence-electron chi connectivity index (χ0n) is 17.9. The smallest absolute Gasteiger partial charge is 0.251 e. The van der Waals surface area contributed by atoms with E-state index in [1.165, 1.54) is 5.56 Å². The maximum atomic E-state index is 12.2. The van der Waals surface area contributed by atoms with Gasteiger partial charge in [-0.3, -0.25) is 9.79 Å². The zero-order valence-corrected chi connectivity index (χ0v) is 17.9. The summed E-state index contributed by atoms with van der Waals surface area (Å²) >= 11 is 0. The van der Waals surface area contributed by atoms with Gasteiger partial charge in [-0.1, -0.05) is 17.7 Å². The minimum atomic E-state index is -0.140. The molecular formula is C23H27N5O3. The van der Waals surface area contributed by atoms with Crippen LogP contribution in [0.15, 0.2) is 64.2 Å². The van der Waals surface area contributed by atoms with Crippen LogP contribution in [0.4, 0.5) is 0 Å². The Hall–Kier alpha value is -3.81. The fourth-order valence-electron chi connectivity index (χ4n) is 2.81. The topological polar surface area (TPSA) is 101 Å². The van der Waals surface area contributed by atoms with E-state index in [1.807, 2.05) is 31.2 Å². The number of aliphatic imine (C=N–C) groups is 1. The highest BCUT2D eigenvalue weighted by Gasteiger charge is 2.08. The van der Waals surface area contributed by atoms with Crippen molar-refractivity contribution in [3.05, 3.63) is 71.6 Å². The maximum absolute atomic E-state index is 12.2. The molecule has 0 fully saturated rings. The molecule has 0 aliphatic heterocycles. The maximum Gasteiger partial charge on any atom is 0.251 e. The summed E-state index contributed by atoms with van der Waals surface area (Å²) in [6.07, 6.45) is 1.63. The molecule has 3 N–H and O–H groups in total. The Labute approximate surface area is 181 Å². The number of oxazole rings is 1. The van der Waals surface area contributed by atoms with Crippen molar-refractivity contribution in [3.63, 3.8) is 0 Å². The van der Waals surface area contributed by atoms with Crippen LogP contribution in [0.2, 0.25) is 0 Å². The molecule has 1 heterocycles. The van der Waals surface area contributed by atoms with E-state index in [0.717, 1.165) is 11.3 Å². The highest BCUT2D eigenvalue weighted by molar-refractivity contribution is 5.94. The van der Waals surface area contributed by atoms with E-state index in [9.17, 15) is 4.79 Å². The molecule has 1 aromatic heterocycles. The average molecular weight is 422 g/mol. The normalized spacial score (nSPS) is 11.1. The highest BCUT2D eigenvalue weighted by atomic mass is 16.5. The number of aromatic nitrogens is 1. The molecule has 0 atom stereocenters. The first-order chi connectivity index (χ1) is 15.1. The van der Waals surface area contributed by atoms with Crippen LogP contribution in [0.1, 0.15) is 21.6 Å². The number of methoxy groups -OCH3 is 1. The van der Waals surface area contributed by atoms with Gasteiger partial charge in [-0.2, -0.15) is 0 Å². The second kappa shape index (κ2) is 10.8. The Kier molecular flexibility index (Phi) is 7.64. The minimum Gasteiger partial charge on any atom is -0.497 e. The molecular weight excluding hydrogens is 394 g/mol. The van der Waals surface area contributed by atoms with Gasteiger partial charge in [0.15, 0.2) is 5.96 Å². The molecule has 0 spiro atoms. The van der Waals surface area contributed by atoms with Crippen molar-refractivity contribution in [2.24, 2.45) is 4.99 Å². The minimum absolute atomic E-state index is 0.140. The van der Waals surface area contributed by atoms with E-state index in [1.54, 1.807) is 44.7 Å². The number of amides is 1. The number of aryl methyl sites for hydroxylation is 1. The molecule has 0 aliphatic rings. The Bertz CT molecular complexity index is 1010. The van der Waals surface area contributed by atoms with Gasteiger partial charge in [0.1, 0.15) is 12.0 Å². The second-order valence-electron chi connectivity index (χ2n) is 6.85. The first-order valence-corrected chi connectivity index (χ1v) is 9.97. The first kappa shape index (κ1) is 21.9. The Morgan fingerprint density at radius 1 is 1.03 bits per heavy atom. The highest BCUT2D eigenvalue weighted by Crippen LogP contribution is 2.19. The molecule has 162 valence electrons. The third kappa shape index (κ3) is 6.33. The SMILES string of the molecule is CN=C(NCCNC(=O)c1ccc(OC)cc1)NCc1coc(-c2ccc(C)cc2)n1. The molecule has 1 amide bonds. The third-order valence-corrected chi connectivity index (χ3v) is 4.57. The van der Waals surface area contributed by atoms with Crippen LogP contribution in [0.5, 0.6) is 5.75 Å². The summed E-state index contributed by atoms with van der Waals surface area (Å²) in [5.41, 5.74) is 3.48. The van der Waals surface area contributed by atoms with Gasteiger partial charge in [0.25, 0.3) is 5.91 Å². The first-order valence-electron chi connectivity index (χ1n) is 9.97. The van der Waals surface area contributed by atoms with E-state index in [4.69, 9.17) is 9.15 Å². The monoisotopic (exact) mass is 421 g/mol. The zero-order chi connectivity index (χ0) is 22.1. The lowest BCUT2D eigenvalue weighted by Gasteiger charge is -2.11. The fraction of sp³-hybridized carbons (Fsp3) is 0.261. The summed E-state index contributed by atoms with van der Waals surface area (Å²) in [7, 11) is 3.28. The standard InChI is InChI=1S/C23H27N5O3/c1-16-4-6-18(7-5-16)22-28-19(15-31-22)14-27-23(24-2)26-13-12-25-21(29)17-8-10-20(30-3)11-9-17/h4-11,15H,12-14H2,1-3H3,(H,25,29)(H2,24,26,27). The molecule has 3 aromatic rings. The molecule has 0 bridgehead atoms. The summed E-state index contributed by atoms with van der Waals surface area (Å²) in [6, 6.07) is 15.0. The summed E-state index contributed by atoms with van der Waals surface area (Å²) < 4.78 is 10.7. The van der Waals surface area contributed by atoms with Gasteiger partial charge in [0.05, 0.1) is 19.3 Å². The van der Waals surface area contributed by atoms with Crippen molar-refractivity contribution in [1.82, 2.24) is 20.9 Å². The average Bonchev–Trinajstić information content (AvgIpc) is 3.28. The molecule has 8 heteroatoms. The predicted molar refractivity (Wildman–Crippen MR) is 120 cm³/mol. The lowest BCUT2D eigenvalue weighted by Crippen LogP contribution is -2.41. The van der Waals surface area contributed by atoms with Gasteiger partial charge in [-0.25, -0.2) is 4.98 Å². The van der Waals surface area contributed by atoms with E-state index in [2.05, 4.69) is 25.9 Å². The van der Waals surface area contributed by atoms with E-state index >= 15 is 0 Å². The van der Waals surface area contributed by atoms with Gasteiger partial charge in [0.2, 0.25) is 5.89 Å². The van der Waals surface area contributed by atoms with Crippen molar-refractivity contribution in [1.29, 1.82) is 0 Å². The van der Waals surface area contributed by atoms with Crippen LogP contribution in [0.25, 0.3) is 11.5 Å². The molecule has 3 rings (SSSR count). The van der Waals surface area contributed by atoms with Crippen LogP contribution < -0.4 is 20.7 Å². The second-order valence-corrected chi connectivity index (χ2v) is 6.85. The molecule has 2 aromatic carbocycles. The Balaban J connectivity index is 1.40. The number of rotatable bonds is 8. The quantitative estimate of drug-likeness (QED) is 0.294. The van der Waals surface area contributed by atoms with Crippen LogP contribution in [0, 0.1) is 6.92 Å². The summed E-state index contributed by atoms with van der Waals surface area (Å²) in [6.45, 7) is 3.48. The van der Waals surface area contributed by atoms with Crippen molar-refractivity contribution < 1.29 is 13.9 Å². The summed E-state index contributed by atoms with van der Waals surface area (Å²) in [5, 5.41) is 9.20. The molecule has 0 aliphatic carbocycles. The van der Waals surface area contributed by atoms with Crippen molar-refractivity contribution >= 4 is 11.9 Å². The molecule has 0 unspecified atom stereocenters. The molecule has 0 radical (unpaired) electrons. The fourth-order valence-corrected chi connectivity index (χ4v) is 2.81.